The van der Waals surface area contributed by atoms with Crippen LogP contribution in [0.4, 0.5) is 5.69 Å². The van der Waals surface area contributed by atoms with Gasteiger partial charge in [0.05, 0.1) is 6.33 Å². The van der Waals surface area contributed by atoms with E-state index in [0.29, 0.717) is 0 Å². The Bertz CT molecular complexity index is 464. The monoisotopic (exact) mass is 244 g/mol. The molecule has 0 amide bonds. The second-order valence-corrected chi connectivity index (χ2v) is 4.59. The van der Waals surface area contributed by atoms with Gasteiger partial charge in [0.1, 0.15) is 0 Å². The standard InChI is InChI=1S/C14H20N4/c1-17(8-4-9-18-10-7-16-12-18)11-13-5-2-3-6-14(13)15/h2-3,5-7,10,12H,4,8-9,11,15H2,1H3. The molecule has 2 N–H and O–H groups in total. The van der Waals surface area contributed by atoms with Gasteiger partial charge in [-0.1, -0.05) is 18.2 Å². The topological polar surface area (TPSA) is 47.1 Å². The average molecular weight is 244 g/mol. The zero-order valence-electron chi connectivity index (χ0n) is 10.8. The Morgan fingerprint density at radius 2 is 2.17 bits per heavy atom. The van der Waals surface area contributed by atoms with Crippen molar-refractivity contribution in [3.05, 3.63) is 48.5 Å². The van der Waals surface area contributed by atoms with Gasteiger partial charge in [-0.15, -0.1) is 0 Å². The third-order valence-electron chi connectivity index (χ3n) is 3.01. The lowest BCUT2D eigenvalue weighted by Gasteiger charge is -2.17. The fourth-order valence-electron chi connectivity index (χ4n) is 1.99. The van der Waals surface area contributed by atoms with Crippen molar-refractivity contribution in [3.8, 4) is 0 Å². The summed E-state index contributed by atoms with van der Waals surface area (Å²) < 4.78 is 2.10. The Kier molecular flexibility index (Phi) is 4.36. The number of hydrogen-bond acceptors (Lipinski definition) is 3. The number of nitrogens with two attached hydrogens (primary N) is 1. The quantitative estimate of drug-likeness (QED) is 0.790. The van der Waals surface area contributed by atoms with Crippen LogP contribution in [0.25, 0.3) is 0 Å². The van der Waals surface area contributed by atoms with Crippen LogP contribution in [0.5, 0.6) is 0 Å². The van der Waals surface area contributed by atoms with Crippen LogP contribution in [0, 0.1) is 0 Å². The normalized spacial score (nSPS) is 11.0. The number of hydrogen-bond donors (Lipinski definition) is 1. The van der Waals surface area contributed by atoms with Crippen molar-refractivity contribution in [2.75, 3.05) is 19.3 Å². The smallest absolute Gasteiger partial charge is 0.0945 e. The van der Waals surface area contributed by atoms with Crippen LogP contribution in [0.15, 0.2) is 43.0 Å². The van der Waals surface area contributed by atoms with E-state index in [9.17, 15) is 0 Å². The van der Waals surface area contributed by atoms with E-state index in [-0.39, 0.29) is 0 Å². The van der Waals surface area contributed by atoms with Crippen molar-refractivity contribution in [2.45, 2.75) is 19.5 Å². The third kappa shape index (κ3) is 3.60. The molecule has 0 saturated carbocycles. The van der Waals surface area contributed by atoms with E-state index >= 15 is 0 Å². The number of aryl methyl sites for hydroxylation is 1. The second kappa shape index (κ2) is 6.21. The molecule has 4 heteroatoms. The van der Waals surface area contributed by atoms with E-state index in [2.05, 4.69) is 27.6 Å². The number of anilines is 1. The molecule has 2 rings (SSSR count). The number of aromatic nitrogens is 2. The fraction of sp³-hybridized carbons (Fsp3) is 0.357. The minimum atomic E-state index is 0.874. The highest BCUT2D eigenvalue weighted by Crippen LogP contribution is 2.12. The molecule has 1 aromatic heterocycles. The molecule has 1 aromatic carbocycles. The van der Waals surface area contributed by atoms with Gasteiger partial charge in [0.25, 0.3) is 0 Å². The molecule has 96 valence electrons. The van der Waals surface area contributed by atoms with Crippen LogP contribution in [0.1, 0.15) is 12.0 Å². The summed E-state index contributed by atoms with van der Waals surface area (Å²) in [5.74, 6) is 0. The third-order valence-corrected chi connectivity index (χ3v) is 3.01. The van der Waals surface area contributed by atoms with Crippen LogP contribution in [0.3, 0.4) is 0 Å². The van der Waals surface area contributed by atoms with Gasteiger partial charge in [-0.05, 0) is 31.6 Å². The van der Waals surface area contributed by atoms with Crippen molar-refractivity contribution in [1.29, 1.82) is 0 Å². The maximum absolute atomic E-state index is 5.94. The van der Waals surface area contributed by atoms with Gasteiger partial charge in [0.15, 0.2) is 0 Å². The van der Waals surface area contributed by atoms with Crippen LogP contribution < -0.4 is 5.73 Å². The molecule has 4 nitrogen and oxygen atoms in total. The summed E-state index contributed by atoms with van der Waals surface area (Å²) in [6.45, 7) is 2.96. The van der Waals surface area contributed by atoms with Gasteiger partial charge in [-0.3, -0.25) is 0 Å². The first kappa shape index (κ1) is 12.6. The zero-order chi connectivity index (χ0) is 12.8. The molecule has 0 aliphatic rings. The summed E-state index contributed by atoms with van der Waals surface area (Å²) in [4.78, 5) is 6.33. The summed E-state index contributed by atoms with van der Waals surface area (Å²) in [6.07, 6.45) is 6.78. The molecule has 0 fully saturated rings. The van der Waals surface area contributed by atoms with Crippen LogP contribution >= 0.6 is 0 Å². The molecule has 0 bridgehead atoms. The number of nitrogen functional groups attached to an aromatic ring is 1. The van der Waals surface area contributed by atoms with Crippen molar-refractivity contribution in [1.82, 2.24) is 14.5 Å². The Morgan fingerprint density at radius 3 is 2.89 bits per heavy atom. The predicted octanol–water partition coefficient (Wildman–Crippen LogP) is 1.99. The number of imidazole rings is 1. The molecule has 1 heterocycles. The van der Waals surface area contributed by atoms with E-state index in [4.69, 9.17) is 5.73 Å². The van der Waals surface area contributed by atoms with Crippen molar-refractivity contribution < 1.29 is 0 Å². The van der Waals surface area contributed by atoms with Crippen molar-refractivity contribution in [3.63, 3.8) is 0 Å². The van der Waals surface area contributed by atoms with Gasteiger partial charge >= 0.3 is 0 Å². The largest absolute Gasteiger partial charge is 0.398 e. The summed E-state index contributed by atoms with van der Waals surface area (Å²) >= 11 is 0. The van der Waals surface area contributed by atoms with Gasteiger partial charge in [-0.25, -0.2) is 4.98 Å². The van der Waals surface area contributed by atoms with E-state index in [1.54, 1.807) is 0 Å². The Balaban J connectivity index is 1.75. The second-order valence-electron chi connectivity index (χ2n) is 4.59. The van der Waals surface area contributed by atoms with E-state index < -0.39 is 0 Å². The first-order valence-corrected chi connectivity index (χ1v) is 6.23. The maximum atomic E-state index is 5.94. The van der Waals surface area contributed by atoms with Crippen molar-refractivity contribution >= 4 is 5.69 Å². The number of para-hydroxylation sites is 1. The maximum Gasteiger partial charge on any atom is 0.0945 e. The highest BCUT2D eigenvalue weighted by Gasteiger charge is 2.03. The number of nitrogens with zero attached hydrogens (tertiary/aromatic N) is 3. The lowest BCUT2D eigenvalue weighted by Crippen LogP contribution is -2.20. The van der Waals surface area contributed by atoms with Crippen molar-refractivity contribution in [2.24, 2.45) is 0 Å². The Hall–Kier alpha value is -1.81. The lowest BCUT2D eigenvalue weighted by atomic mass is 10.1. The van der Waals surface area contributed by atoms with Gasteiger partial charge in [0, 0.05) is 31.2 Å². The van der Waals surface area contributed by atoms with Gasteiger partial charge in [0.2, 0.25) is 0 Å². The number of rotatable bonds is 6. The van der Waals surface area contributed by atoms with Crippen LogP contribution in [0.2, 0.25) is 0 Å². The molecular formula is C14H20N4. The van der Waals surface area contributed by atoms with E-state index in [1.807, 2.05) is 36.9 Å². The summed E-state index contributed by atoms with van der Waals surface area (Å²) in [5, 5.41) is 0. The van der Waals surface area contributed by atoms with Crippen LogP contribution in [-0.4, -0.2) is 28.0 Å². The Morgan fingerprint density at radius 1 is 1.33 bits per heavy atom. The highest BCUT2D eigenvalue weighted by molar-refractivity contribution is 5.46. The molecule has 2 aromatic rings. The predicted molar refractivity (Wildman–Crippen MR) is 74.0 cm³/mol. The average Bonchev–Trinajstić information content (AvgIpc) is 2.85. The molecular weight excluding hydrogens is 224 g/mol. The SMILES string of the molecule is CN(CCCn1ccnc1)Cc1ccccc1N. The molecule has 0 unspecified atom stereocenters. The summed E-state index contributed by atoms with van der Waals surface area (Å²) in [5.41, 5.74) is 8.01. The summed E-state index contributed by atoms with van der Waals surface area (Å²) in [6, 6.07) is 8.04. The minimum absolute atomic E-state index is 0.874. The summed E-state index contributed by atoms with van der Waals surface area (Å²) in [7, 11) is 2.13. The lowest BCUT2D eigenvalue weighted by molar-refractivity contribution is 0.315. The zero-order valence-corrected chi connectivity index (χ0v) is 10.8. The van der Waals surface area contributed by atoms with Gasteiger partial charge in [-0.2, -0.15) is 0 Å². The van der Waals surface area contributed by atoms with Crippen LogP contribution in [-0.2, 0) is 13.1 Å². The van der Waals surface area contributed by atoms with Gasteiger partial charge < -0.3 is 15.2 Å². The molecule has 0 radical (unpaired) electrons. The van der Waals surface area contributed by atoms with E-state index in [1.165, 1.54) is 5.56 Å². The number of benzene rings is 1. The molecule has 0 spiro atoms. The molecule has 0 aliphatic carbocycles. The molecule has 0 aliphatic heterocycles. The fourth-order valence-corrected chi connectivity index (χ4v) is 1.99. The Labute approximate surface area is 108 Å². The first-order chi connectivity index (χ1) is 8.75. The molecule has 0 saturated heterocycles. The first-order valence-electron chi connectivity index (χ1n) is 6.23. The van der Waals surface area contributed by atoms with E-state index in [0.717, 1.165) is 31.7 Å². The highest BCUT2D eigenvalue weighted by atomic mass is 15.1. The molecule has 0 atom stereocenters. The minimum Gasteiger partial charge on any atom is -0.398 e. The molecule has 18 heavy (non-hydrogen) atoms.